The van der Waals surface area contributed by atoms with E-state index in [1.807, 2.05) is 22.9 Å². The Labute approximate surface area is 178 Å². The van der Waals surface area contributed by atoms with Gasteiger partial charge in [0.15, 0.2) is 5.82 Å². The summed E-state index contributed by atoms with van der Waals surface area (Å²) in [5.74, 6) is 0.831. The molecular formula is C24H19N5S. The fraction of sp³-hybridized carbons (Fsp3) is 0.0833. The summed E-state index contributed by atoms with van der Waals surface area (Å²) in [4.78, 5) is 3.64. The second kappa shape index (κ2) is 6.78. The van der Waals surface area contributed by atoms with Crippen LogP contribution in [0.1, 0.15) is 16.5 Å². The predicted octanol–water partition coefficient (Wildman–Crippen LogP) is 5.75. The van der Waals surface area contributed by atoms with Gasteiger partial charge in [0, 0.05) is 22.0 Å². The molecule has 0 saturated heterocycles. The average molecular weight is 410 g/mol. The van der Waals surface area contributed by atoms with Crippen molar-refractivity contribution in [1.82, 2.24) is 19.9 Å². The lowest BCUT2D eigenvalue weighted by atomic mass is 10.0. The van der Waals surface area contributed by atoms with Crippen molar-refractivity contribution >= 4 is 22.7 Å². The average Bonchev–Trinajstić information content (AvgIpc) is 3.46. The Kier molecular flexibility index (Phi) is 3.92. The van der Waals surface area contributed by atoms with Crippen molar-refractivity contribution < 1.29 is 0 Å². The molecule has 0 saturated carbocycles. The molecule has 0 amide bonds. The SMILES string of the molecule is Cc1ccc(-c2[nH]c3ccccc3c2C2Nn3c(nnc3-c3ccccc3)S2)cc1. The van der Waals surface area contributed by atoms with Gasteiger partial charge >= 0.3 is 0 Å². The Hall–Kier alpha value is -3.51. The van der Waals surface area contributed by atoms with E-state index in [-0.39, 0.29) is 5.37 Å². The summed E-state index contributed by atoms with van der Waals surface area (Å²) in [6.45, 7) is 2.11. The topological polar surface area (TPSA) is 58.5 Å². The van der Waals surface area contributed by atoms with Gasteiger partial charge in [-0.15, -0.1) is 10.2 Å². The minimum absolute atomic E-state index is 0.0328. The molecule has 3 aromatic carbocycles. The number of rotatable bonds is 3. The van der Waals surface area contributed by atoms with Gasteiger partial charge in [0.2, 0.25) is 5.16 Å². The summed E-state index contributed by atoms with van der Waals surface area (Å²) in [6, 6.07) is 27.3. The normalized spacial score (nSPS) is 15.3. The van der Waals surface area contributed by atoms with Crippen molar-refractivity contribution in [2.45, 2.75) is 17.5 Å². The van der Waals surface area contributed by atoms with Crippen LogP contribution in [-0.4, -0.2) is 19.9 Å². The molecule has 0 spiro atoms. The third kappa shape index (κ3) is 2.72. The molecule has 0 aliphatic carbocycles. The second-order valence-electron chi connectivity index (χ2n) is 7.46. The van der Waals surface area contributed by atoms with Gasteiger partial charge in [-0.1, -0.05) is 90.1 Å². The van der Waals surface area contributed by atoms with Crippen LogP contribution in [0.2, 0.25) is 0 Å². The number of thioether (sulfide) groups is 1. The molecule has 0 radical (unpaired) electrons. The lowest BCUT2D eigenvalue weighted by Crippen LogP contribution is -2.14. The van der Waals surface area contributed by atoms with Crippen LogP contribution >= 0.6 is 11.8 Å². The molecule has 146 valence electrons. The summed E-state index contributed by atoms with van der Waals surface area (Å²) in [5, 5.41) is 11.0. The van der Waals surface area contributed by atoms with Crippen LogP contribution in [0, 0.1) is 6.92 Å². The smallest absolute Gasteiger partial charge is 0.212 e. The summed E-state index contributed by atoms with van der Waals surface area (Å²) in [5.41, 5.74) is 10.6. The summed E-state index contributed by atoms with van der Waals surface area (Å²) in [7, 11) is 0. The van der Waals surface area contributed by atoms with Crippen molar-refractivity contribution in [3.63, 3.8) is 0 Å². The number of aromatic nitrogens is 4. The van der Waals surface area contributed by atoms with Crippen LogP contribution in [0.4, 0.5) is 0 Å². The third-order valence-corrected chi connectivity index (χ3v) is 6.54. The number of para-hydroxylation sites is 1. The number of nitrogens with one attached hydrogen (secondary N) is 2. The summed E-state index contributed by atoms with van der Waals surface area (Å²) in [6.07, 6.45) is 0. The van der Waals surface area contributed by atoms with E-state index in [9.17, 15) is 0 Å². The first-order valence-corrected chi connectivity index (χ1v) is 10.8. The maximum atomic E-state index is 4.43. The molecule has 0 fully saturated rings. The molecule has 5 aromatic rings. The van der Waals surface area contributed by atoms with Gasteiger partial charge in [0.1, 0.15) is 5.37 Å². The van der Waals surface area contributed by atoms with Gasteiger partial charge in [0.05, 0.1) is 5.69 Å². The zero-order chi connectivity index (χ0) is 20.1. The highest BCUT2D eigenvalue weighted by molar-refractivity contribution is 7.99. The van der Waals surface area contributed by atoms with Crippen molar-refractivity contribution in [2.24, 2.45) is 0 Å². The molecule has 0 bridgehead atoms. The quantitative estimate of drug-likeness (QED) is 0.398. The van der Waals surface area contributed by atoms with Crippen molar-refractivity contribution in [3.8, 4) is 22.6 Å². The Bertz CT molecular complexity index is 1350. The van der Waals surface area contributed by atoms with Crippen LogP contribution in [-0.2, 0) is 0 Å². The Balaban J connectivity index is 1.46. The molecule has 5 nitrogen and oxygen atoms in total. The number of fused-ring (bicyclic) bond motifs is 2. The van der Waals surface area contributed by atoms with E-state index in [4.69, 9.17) is 0 Å². The van der Waals surface area contributed by atoms with Gasteiger partial charge in [-0.05, 0) is 18.6 Å². The zero-order valence-electron chi connectivity index (χ0n) is 16.3. The molecule has 3 heterocycles. The molecule has 2 aromatic heterocycles. The predicted molar refractivity (Wildman–Crippen MR) is 122 cm³/mol. The van der Waals surface area contributed by atoms with Crippen LogP contribution < -0.4 is 5.43 Å². The first kappa shape index (κ1) is 17.4. The third-order valence-electron chi connectivity index (χ3n) is 5.48. The Morgan fingerprint density at radius 1 is 0.833 bits per heavy atom. The molecule has 1 atom stereocenters. The number of benzene rings is 3. The maximum Gasteiger partial charge on any atom is 0.212 e. The molecule has 1 unspecified atom stereocenters. The zero-order valence-corrected chi connectivity index (χ0v) is 17.1. The number of hydrogen-bond donors (Lipinski definition) is 2. The Morgan fingerprint density at radius 3 is 2.43 bits per heavy atom. The Morgan fingerprint density at radius 2 is 1.60 bits per heavy atom. The van der Waals surface area contributed by atoms with Crippen LogP contribution in [0.5, 0.6) is 0 Å². The highest BCUT2D eigenvalue weighted by Gasteiger charge is 2.32. The number of aryl methyl sites for hydroxylation is 1. The van der Waals surface area contributed by atoms with Gasteiger partial charge in [-0.3, -0.25) is 0 Å². The minimum atomic E-state index is 0.0328. The number of aromatic amines is 1. The maximum absolute atomic E-state index is 4.43. The van der Waals surface area contributed by atoms with E-state index in [1.165, 1.54) is 22.1 Å². The minimum Gasteiger partial charge on any atom is -0.354 e. The highest BCUT2D eigenvalue weighted by Crippen LogP contribution is 2.46. The lowest BCUT2D eigenvalue weighted by Gasteiger charge is -2.14. The molecule has 6 heteroatoms. The fourth-order valence-corrected chi connectivity index (χ4v) is 5.06. The van der Waals surface area contributed by atoms with E-state index < -0.39 is 0 Å². The van der Waals surface area contributed by atoms with E-state index in [2.05, 4.69) is 88.2 Å². The number of H-pyrrole nitrogens is 1. The molecule has 6 rings (SSSR count). The molecule has 30 heavy (non-hydrogen) atoms. The molecular weight excluding hydrogens is 390 g/mol. The van der Waals surface area contributed by atoms with E-state index >= 15 is 0 Å². The van der Waals surface area contributed by atoms with Crippen molar-refractivity contribution in [2.75, 3.05) is 5.43 Å². The van der Waals surface area contributed by atoms with Gasteiger partial charge in [-0.25, -0.2) is 4.68 Å². The van der Waals surface area contributed by atoms with Crippen molar-refractivity contribution in [3.05, 3.63) is 90.0 Å². The summed E-state index contributed by atoms with van der Waals surface area (Å²) < 4.78 is 2.01. The largest absolute Gasteiger partial charge is 0.354 e. The van der Waals surface area contributed by atoms with E-state index in [1.54, 1.807) is 11.8 Å². The monoisotopic (exact) mass is 409 g/mol. The van der Waals surface area contributed by atoms with Gasteiger partial charge in [-0.2, -0.15) is 0 Å². The van der Waals surface area contributed by atoms with Crippen LogP contribution in [0.15, 0.2) is 84.0 Å². The summed E-state index contributed by atoms with van der Waals surface area (Å²) >= 11 is 1.69. The lowest BCUT2D eigenvalue weighted by molar-refractivity contribution is 0.794. The number of nitrogens with zero attached hydrogens (tertiary/aromatic N) is 3. The van der Waals surface area contributed by atoms with E-state index in [0.29, 0.717) is 0 Å². The standard InChI is InChI=1S/C24H19N5S/c1-15-11-13-16(14-12-15)21-20(18-9-5-6-10-19(18)25-21)23-28-29-22(26-27-24(29)30-23)17-7-3-2-4-8-17/h2-14,23,25,28H,1H3. The molecule has 1 aliphatic rings. The van der Waals surface area contributed by atoms with Crippen LogP contribution in [0.25, 0.3) is 33.5 Å². The first-order valence-electron chi connectivity index (χ1n) is 9.89. The van der Waals surface area contributed by atoms with Crippen LogP contribution in [0.3, 0.4) is 0 Å². The molecule has 1 aliphatic heterocycles. The van der Waals surface area contributed by atoms with E-state index in [0.717, 1.165) is 27.8 Å². The first-order chi connectivity index (χ1) is 14.8. The fourth-order valence-electron chi connectivity index (χ4n) is 3.99. The second-order valence-corrected chi connectivity index (χ2v) is 8.53. The van der Waals surface area contributed by atoms with Gasteiger partial charge in [0.25, 0.3) is 0 Å². The molecule has 2 N–H and O–H groups in total. The number of hydrogen-bond acceptors (Lipinski definition) is 4. The highest BCUT2D eigenvalue weighted by atomic mass is 32.2. The van der Waals surface area contributed by atoms with Gasteiger partial charge < -0.3 is 10.4 Å². The van der Waals surface area contributed by atoms with Crippen molar-refractivity contribution in [1.29, 1.82) is 0 Å².